The van der Waals surface area contributed by atoms with Crippen LogP contribution in [0.4, 0.5) is 11.5 Å². The van der Waals surface area contributed by atoms with E-state index in [-0.39, 0.29) is 30.3 Å². The summed E-state index contributed by atoms with van der Waals surface area (Å²) in [4.78, 5) is 48.0. The van der Waals surface area contributed by atoms with Crippen LogP contribution >= 0.6 is 0 Å². The third-order valence-electron chi connectivity index (χ3n) is 8.37. The number of nitrogens with one attached hydrogen (secondary N) is 2. The minimum Gasteiger partial charge on any atom is -0.329 e. The van der Waals surface area contributed by atoms with Gasteiger partial charge in [-0.25, -0.2) is 4.98 Å². The van der Waals surface area contributed by atoms with Gasteiger partial charge in [-0.1, -0.05) is 57.2 Å². The third-order valence-corrected chi connectivity index (χ3v) is 8.37. The second-order valence-corrected chi connectivity index (χ2v) is 12.6. The Balaban J connectivity index is 1.34. The Morgan fingerprint density at radius 1 is 1.05 bits per heavy atom. The number of fused-ring (bicyclic) bond motifs is 3. The average Bonchev–Trinajstić information content (AvgIpc) is 3.44. The lowest BCUT2D eigenvalue weighted by Crippen LogP contribution is -2.43. The molecule has 8 heteroatoms. The first kappa shape index (κ1) is 28.5. The number of carbonyl (C=O) groups is 3. The zero-order valence-electron chi connectivity index (χ0n) is 24.7. The molecule has 41 heavy (non-hydrogen) atoms. The Labute approximate surface area is 242 Å². The van der Waals surface area contributed by atoms with E-state index >= 15 is 0 Å². The monoisotopic (exact) mass is 553 g/mol. The first-order valence-corrected chi connectivity index (χ1v) is 14.1. The van der Waals surface area contributed by atoms with E-state index in [1.807, 2.05) is 83.4 Å². The van der Waals surface area contributed by atoms with E-state index in [1.165, 1.54) is 0 Å². The van der Waals surface area contributed by atoms with E-state index in [1.54, 1.807) is 11.1 Å². The maximum absolute atomic E-state index is 13.5. The molecule has 1 aliphatic carbocycles. The van der Waals surface area contributed by atoms with E-state index in [2.05, 4.69) is 33.5 Å². The van der Waals surface area contributed by atoms with Crippen molar-refractivity contribution in [1.29, 1.82) is 0 Å². The van der Waals surface area contributed by atoms with Crippen molar-refractivity contribution in [2.75, 3.05) is 31.3 Å². The van der Waals surface area contributed by atoms with E-state index in [0.717, 1.165) is 27.8 Å². The van der Waals surface area contributed by atoms with Gasteiger partial charge in [0.2, 0.25) is 17.7 Å². The van der Waals surface area contributed by atoms with Crippen molar-refractivity contribution < 1.29 is 14.4 Å². The highest BCUT2D eigenvalue weighted by molar-refractivity contribution is 6.06. The Bertz CT molecular complexity index is 1510. The van der Waals surface area contributed by atoms with Gasteiger partial charge in [-0.05, 0) is 74.3 Å². The fraction of sp³-hybridized carbons (Fsp3) is 0.394. The highest BCUT2D eigenvalue weighted by atomic mass is 16.2. The molecule has 1 aromatic heterocycles. The van der Waals surface area contributed by atoms with Crippen LogP contribution in [0.2, 0.25) is 0 Å². The second kappa shape index (κ2) is 10.7. The fourth-order valence-corrected chi connectivity index (χ4v) is 5.96. The predicted molar refractivity (Wildman–Crippen MR) is 160 cm³/mol. The molecule has 2 atom stereocenters. The number of rotatable bonds is 7. The second-order valence-electron chi connectivity index (χ2n) is 12.6. The summed E-state index contributed by atoms with van der Waals surface area (Å²) in [6, 6.07) is 17.9. The van der Waals surface area contributed by atoms with E-state index < -0.39 is 10.8 Å². The predicted octanol–water partition coefficient (Wildman–Crippen LogP) is 4.71. The standard InChI is InChI=1S/C33H39N5O3/c1-21(37(5)6)26-11-8-7-10-23(26)19-38(31(41)32(2,3)4)20-28(39)35-25-14-13-22-17-33(18-24(22)16-25)27-12-9-15-34-29(27)36-30(33)40/h7-16,21H,17-20H2,1-6H3,(H,35,39)(H,34,36,40). The Morgan fingerprint density at radius 2 is 1.78 bits per heavy atom. The third kappa shape index (κ3) is 5.48. The van der Waals surface area contributed by atoms with Gasteiger partial charge in [-0.2, -0.15) is 0 Å². The number of pyridine rings is 1. The van der Waals surface area contributed by atoms with Crippen LogP contribution in [0.5, 0.6) is 0 Å². The molecule has 2 unspecified atom stereocenters. The van der Waals surface area contributed by atoms with Gasteiger partial charge in [0.1, 0.15) is 12.4 Å². The van der Waals surface area contributed by atoms with Crippen LogP contribution in [-0.4, -0.2) is 53.1 Å². The summed E-state index contributed by atoms with van der Waals surface area (Å²) in [6.45, 7) is 8.02. The molecule has 0 fully saturated rings. The van der Waals surface area contributed by atoms with Crippen LogP contribution in [0.3, 0.4) is 0 Å². The van der Waals surface area contributed by atoms with Crippen LogP contribution in [0.1, 0.15) is 61.6 Å². The molecule has 1 spiro atoms. The summed E-state index contributed by atoms with van der Waals surface area (Å²) in [6.07, 6.45) is 2.83. The molecule has 2 aromatic carbocycles. The molecule has 2 heterocycles. The minimum absolute atomic E-state index is 0.0341. The number of benzene rings is 2. The number of nitrogens with zero attached hydrogens (tertiary/aromatic N) is 3. The molecule has 214 valence electrons. The quantitative estimate of drug-likeness (QED) is 0.442. The van der Waals surface area contributed by atoms with Crippen LogP contribution in [0, 0.1) is 5.41 Å². The zero-order valence-corrected chi connectivity index (χ0v) is 24.7. The zero-order chi connectivity index (χ0) is 29.5. The fourth-order valence-electron chi connectivity index (χ4n) is 5.96. The summed E-state index contributed by atoms with van der Waals surface area (Å²) < 4.78 is 0. The summed E-state index contributed by atoms with van der Waals surface area (Å²) in [7, 11) is 4.06. The van der Waals surface area contributed by atoms with Crippen molar-refractivity contribution in [3.8, 4) is 0 Å². The number of aromatic nitrogens is 1. The Morgan fingerprint density at radius 3 is 2.51 bits per heavy atom. The smallest absolute Gasteiger partial charge is 0.244 e. The molecule has 2 aliphatic rings. The van der Waals surface area contributed by atoms with Crippen LogP contribution < -0.4 is 10.6 Å². The lowest BCUT2D eigenvalue weighted by Gasteiger charge is -2.31. The molecule has 0 saturated heterocycles. The Hall–Kier alpha value is -4.04. The number of hydrogen-bond acceptors (Lipinski definition) is 5. The molecule has 1 aliphatic heterocycles. The van der Waals surface area contributed by atoms with Crippen molar-refractivity contribution in [1.82, 2.24) is 14.8 Å². The first-order chi connectivity index (χ1) is 19.4. The van der Waals surface area contributed by atoms with Crippen LogP contribution in [0.15, 0.2) is 60.8 Å². The highest BCUT2D eigenvalue weighted by Gasteiger charge is 2.51. The maximum Gasteiger partial charge on any atom is 0.244 e. The molecule has 5 rings (SSSR count). The average molecular weight is 554 g/mol. The SMILES string of the molecule is CC(c1ccccc1CN(CC(=O)Nc1ccc2c(c1)CC1(C2)C(=O)Nc2ncccc21)C(=O)C(C)(C)C)N(C)C. The van der Waals surface area contributed by atoms with Gasteiger partial charge < -0.3 is 20.4 Å². The molecule has 0 radical (unpaired) electrons. The van der Waals surface area contributed by atoms with E-state index in [9.17, 15) is 14.4 Å². The van der Waals surface area contributed by atoms with Gasteiger partial charge in [0, 0.05) is 35.4 Å². The summed E-state index contributed by atoms with van der Waals surface area (Å²) in [5.74, 6) is 0.245. The lowest BCUT2D eigenvalue weighted by molar-refractivity contribution is -0.142. The Kier molecular flexibility index (Phi) is 7.46. The largest absolute Gasteiger partial charge is 0.329 e. The van der Waals surface area contributed by atoms with Crippen LogP contribution in [-0.2, 0) is 39.2 Å². The molecule has 3 amide bonds. The van der Waals surface area contributed by atoms with Gasteiger partial charge in [0.15, 0.2) is 0 Å². The van der Waals surface area contributed by atoms with Crippen LogP contribution in [0.25, 0.3) is 0 Å². The molecule has 2 N–H and O–H groups in total. The van der Waals surface area contributed by atoms with Gasteiger partial charge in [0.25, 0.3) is 0 Å². The van der Waals surface area contributed by atoms with Gasteiger partial charge >= 0.3 is 0 Å². The highest BCUT2D eigenvalue weighted by Crippen LogP contribution is 2.47. The first-order valence-electron chi connectivity index (χ1n) is 14.1. The van der Waals surface area contributed by atoms with Gasteiger partial charge in [-0.15, -0.1) is 0 Å². The minimum atomic E-state index is -0.665. The van der Waals surface area contributed by atoms with Crippen molar-refractivity contribution in [2.24, 2.45) is 5.41 Å². The van der Waals surface area contributed by atoms with Crippen molar-refractivity contribution in [3.05, 3.63) is 88.6 Å². The van der Waals surface area contributed by atoms with Crippen molar-refractivity contribution >= 4 is 29.2 Å². The normalized spacial score (nSPS) is 18.2. The molecular formula is C33H39N5O3. The number of amides is 3. The summed E-state index contributed by atoms with van der Waals surface area (Å²) >= 11 is 0. The van der Waals surface area contributed by atoms with Crippen molar-refractivity contribution in [3.63, 3.8) is 0 Å². The molecule has 3 aromatic rings. The topological polar surface area (TPSA) is 94.6 Å². The maximum atomic E-state index is 13.5. The molecule has 0 saturated carbocycles. The van der Waals surface area contributed by atoms with Gasteiger partial charge in [-0.3, -0.25) is 14.4 Å². The molecular weight excluding hydrogens is 514 g/mol. The number of anilines is 2. The summed E-state index contributed by atoms with van der Waals surface area (Å²) in [5, 5.41) is 5.94. The lowest BCUT2D eigenvalue weighted by atomic mass is 9.79. The number of carbonyl (C=O) groups excluding carboxylic acids is 3. The van der Waals surface area contributed by atoms with E-state index in [0.29, 0.717) is 30.9 Å². The molecule has 8 nitrogen and oxygen atoms in total. The van der Waals surface area contributed by atoms with Crippen molar-refractivity contribution in [2.45, 2.75) is 58.5 Å². The van der Waals surface area contributed by atoms with E-state index in [4.69, 9.17) is 0 Å². The molecule has 0 bridgehead atoms. The van der Waals surface area contributed by atoms with Gasteiger partial charge in [0.05, 0.1) is 5.41 Å². The summed E-state index contributed by atoms with van der Waals surface area (Å²) in [5.41, 5.74) is 4.54. The number of hydrogen-bond donors (Lipinski definition) is 2.